The Bertz CT molecular complexity index is 608. The molecule has 2 heterocycles. The summed E-state index contributed by atoms with van der Waals surface area (Å²) in [5.41, 5.74) is 0.603. The maximum atomic E-state index is 12.6. The molecule has 1 amide bonds. The molecule has 1 atom stereocenters. The van der Waals surface area contributed by atoms with E-state index in [1.165, 1.54) is 64.2 Å². The third-order valence-corrected chi connectivity index (χ3v) is 5.98. The van der Waals surface area contributed by atoms with Crippen LogP contribution in [0.4, 0.5) is 4.79 Å². The van der Waals surface area contributed by atoms with Gasteiger partial charge in [0.2, 0.25) is 5.89 Å². The lowest BCUT2D eigenvalue weighted by Crippen LogP contribution is -2.36. The van der Waals surface area contributed by atoms with Gasteiger partial charge in [-0.25, -0.2) is 9.78 Å². The first-order chi connectivity index (χ1) is 13.4. The van der Waals surface area contributed by atoms with Gasteiger partial charge in [-0.2, -0.15) is 0 Å². The average Bonchev–Trinajstić information content (AvgIpc) is 3.27. The van der Waals surface area contributed by atoms with E-state index in [4.69, 9.17) is 14.1 Å². The summed E-state index contributed by atoms with van der Waals surface area (Å²) in [6, 6.07) is -0.0914. The number of likely N-dealkylation sites (tertiary alicyclic amines) is 1. The Kier molecular flexibility index (Phi) is 7.42. The largest absolute Gasteiger partial charge is 0.446 e. The quantitative estimate of drug-likeness (QED) is 0.561. The molecule has 0 bridgehead atoms. The molecule has 158 valence electrons. The molecular formula is C23H38N2O3. The third kappa shape index (κ3) is 5.99. The maximum Gasteiger partial charge on any atom is 0.410 e. The fourth-order valence-electron chi connectivity index (χ4n) is 4.49. The van der Waals surface area contributed by atoms with E-state index in [0.29, 0.717) is 18.4 Å². The number of amides is 1. The van der Waals surface area contributed by atoms with Crippen molar-refractivity contribution in [1.82, 2.24) is 9.88 Å². The average molecular weight is 391 g/mol. The van der Waals surface area contributed by atoms with Gasteiger partial charge >= 0.3 is 6.09 Å². The second-order valence-electron chi connectivity index (χ2n) is 9.55. The van der Waals surface area contributed by atoms with Crippen molar-refractivity contribution in [2.45, 2.75) is 115 Å². The molecule has 5 heteroatoms. The summed E-state index contributed by atoms with van der Waals surface area (Å²) in [5.74, 6) is 1.18. The van der Waals surface area contributed by atoms with Crippen LogP contribution in [0.2, 0.25) is 0 Å². The molecule has 1 unspecified atom stereocenters. The van der Waals surface area contributed by atoms with Gasteiger partial charge in [-0.15, -0.1) is 0 Å². The zero-order chi connectivity index (χ0) is 20.0. The minimum atomic E-state index is -0.485. The molecule has 1 aromatic rings. The first-order valence-electron chi connectivity index (χ1n) is 11.4. The minimum absolute atomic E-state index is 0.0914. The smallest absolute Gasteiger partial charge is 0.410 e. The lowest BCUT2D eigenvalue weighted by Gasteiger charge is -2.27. The summed E-state index contributed by atoms with van der Waals surface area (Å²) in [4.78, 5) is 19.2. The number of nitrogens with zero attached hydrogens (tertiary/aromatic N) is 2. The first-order valence-corrected chi connectivity index (χ1v) is 11.4. The van der Waals surface area contributed by atoms with Crippen LogP contribution in [0.15, 0.2) is 10.7 Å². The van der Waals surface area contributed by atoms with Gasteiger partial charge < -0.3 is 9.15 Å². The molecule has 2 aliphatic rings. The molecule has 1 aliphatic heterocycles. The van der Waals surface area contributed by atoms with Crippen molar-refractivity contribution >= 4 is 6.09 Å². The van der Waals surface area contributed by atoms with E-state index in [2.05, 4.69) is 0 Å². The molecule has 0 N–H and O–H groups in total. The first kappa shape index (κ1) is 21.2. The fraction of sp³-hybridized carbons (Fsp3) is 0.826. The standard InChI is InChI=1S/C23H38N2O3/c1-23(2,3)28-22(26)25-16-12-15-20(25)21-24-19(17-27-21)18-13-10-8-6-4-5-7-9-11-14-18/h17-18,20H,4-16H2,1-3H3. The van der Waals surface area contributed by atoms with Crippen molar-refractivity contribution in [2.75, 3.05) is 6.54 Å². The van der Waals surface area contributed by atoms with E-state index in [1.54, 1.807) is 4.90 Å². The normalized spacial score (nSPS) is 23.4. The Morgan fingerprint density at radius 1 is 1.00 bits per heavy atom. The van der Waals surface area contributed by atoms with Gasteiger partial charge in [-0.05, 0) is 46.5 Å². The highest BCUT2D eigenvalue weighted by Gasteiger charge is 2.36. The lowest BCUT2D eigenvalue weighted by molar-refractivity contribution is 0.0204. The SMILES string of the molecule is CC(C)(C)OC(=O)N1CCCC1c1nc(C2CCCCCCCCCC2)co1. The highest BCUT2D eigenvalue weighted by atomic mass is 16.6. The molecule has 0 radical (unpaired) electrons. The number of aromatic nitrogens is 1. The highest BCUT2D eigenvalue weighted by Crippen LogP contribution is 2.35. The van der Waals surface area contributed by atoms with Crippen molar-refractivity contribution in [1.29, 1.82) is 0 Å². The molecule has 1 aromatic heterocycles. The topological polar surface area (TPSA) is 55.6 Å². The predicted octanol–water partition coefficient (Wildman–Crippen LogP) is 6.74. The number of carbonyl (C=O) groups excluding carboxylic acids is 1. The van der Waals surface area contributed by atoms with Crippen LogP contribution in [-0.2, 0) is 4.74 Å². The van der Waals surface area contributed by atoms with E-state index < -0.39 is 5.60 Å². The maximum absolute atomic E-state index is 12.6. The Morgan fingerprint density at radius 2 is 1.61 bits per heavy atom. The number of oxazole rings is 1. The second kappa shape index (κ2) is 9.80. The van der Waals surface area contributed by atoms with Gasteiger partial charge in [-0.3, -0.25) is 4.90 Å². The highest BCUT2D eigenvalue weighted by molar-refractivity contribution is 5.69. The molecule has 28 heavy (non-hydrogen) atoms. The molecule has 3 rings (SSSR count). The molecule has 0 spiro atoms. The van der Waals surface area contributed by atoms with Gasteiger partial charge in [0, 0.05) is 12.5 Å². The van der Waals surface area contributed by atoms with Crippen molar-refractivity contribution < 1.29 is 13.9 Å². The Labute approximate surface area is 170 Å². The number of hydrogen-bond donors (Lipinski definition) is 0. The summed E-state index contributed by atoms with van der Waals surface area (Å²) in [7, 11) is 0. The second-order valence-corrected chi connectivity index (χ2v) is 9.55. The van der Waals surface area contributed by atoms with Crippen LogP contribution in [0.3, 0.4) is 0 Å². The molecule has 2 fully saturated rings. The van der Waals surface area contributed by atoms with Crippen LogP contribution >= 0.6 is 0 Å². The summed E-state index contributed by atoms with van der Waals surface area (Å²) >= 11 is 0. The van der Waals surface area contributed by atoms with Crippen molar-refractivity contribution in [3.8, 4) is 0 Å². The van der Waals surface area contributed by atoms with E-state index in [9.17, 15) is 4.79 Å². The monoisotopic (exact) mass is 390 g/mol. The Hall–Kier alpha value is -1.52. The zero-order valence-electron chi connectivity index (χ0n) is 18.0. The Balaban J connectivity index is 1.66. The van der Waals surface area contributed by atoms with Crippen LogP contribution in [0.25, 0.3) is 0 Å². The van der Waals surface area contributed by atoms with Crippen LogP contribution in [0.1, 0.15) is 121 Å². The number of rotatable bonds is 2. The van der Waals surface area contributed by atoms with Crippen LogP contribution in [0.5, 0.6) is 0 Å². The van der Waals surface area contributed by atoms with E-state index in [-0.39, 0.29) is 12.1 Å². The molecule has 5 nitrogen and oxygen atoms in total. The van der Waals surface area contributed by atoms with E-state index in [0.717, 1.165) is 18.5 Å². The molecular weight excluding hydrogens is 352 g/mol. The number of hydrogen-bond acceptors (Lipinski definition) is 4. The summed E-state index contributed by atoms with van der Waals surface area (Å²) in [6.07, 6.45) is 16.6. The Morgan fingerprint density at radius 3 is 2.21 bits per heavy atom. The summed E-state index contributed by atoms with van der Waals surface area (Å²) in [6.45, 7) is 6.42. The number of ether oxygens (including phenoxy) is 1. The van der Waals surface area contributed by atoms with E-state index >= 15 is 0 Å². The minimum Gasteiger partial charge on any atom is -0.446 e. The van der Waals surface area contributed by atoms with Gasteiger partial charge in [0.15, 0.2) is 0 Å². The molecule has 1 saturated carbocycles. The molecule has 1 aliphatic carbocycles. The zero-order valence-corrected chi connectivity index (χ0v) is 18.0. The van der Waals surface area contributed by atoms with Crippen molar-refractivity contribution in [3.05, 3.63) is 17.8 Å². The van der Waals surface area contributed by atoms with Crippen molar-refractivity contribution in [3.63, 3.8) is 0 Å². The third-order valence-electron chi connectivity index (χ3n) is 5.98. The van der Waals surface area contributed by atoms with Crippen molar-refractivity contribution in [2.24, 2.45) is 0 Å². The van der Waals surface area contributed by atoms with Gasteiger partial charge in [-0.1, -0.05) is 51.4 Å². The molecule has 0 aromatic carbocycles. The summed E-state index contributed by atoms with van der Waals surface area (Å²) in [5, 5.41) is 0. The van der Waals surface area contributed by atoms with Gasteiger partial charge in [0.05, 0.1) is 5.69 Å². The van der Waals surface area contributed by atoms with Crippen LogP contribution < -0.4 is 0 Å². The van der Waals surface area contributed by atoms with Gasteiger partial charge in [0.1, 0.15) is 17.9 Å². The predicted molar refractivity (Wildman–Crippen MR) is 110 cm³/mol. The van der Waals surface area contributed by atoms with Gasteiger partial charge in [0.25, 0.3) is 0 Å². The van der Waals surface area contributed by atoms with Crippen LogP contribution in [0, 0.1) is 0 Å². The number of carbonyl (C=O) groups is 1. The summed E-state index contributed by atoms with van der Waals surface area (Å²) < 4.78 is 11.5. The lowest BCUT2D eigenvalue weighted by atomic mass is 9.93. The van der Waals surface area contributed by atoms with Crippen LogP contribution in [-0.4, -0.2) is 28.1 Å². The van der Waals surface area contributed by atoms with E-state index in [1.807, 2.05) is 27.0 Å². The molecule has 1 saturated heterocycles. The fourth-order valence-corrected chi connectivity index (χ4v) is 4.49.